The van der Waals surface area contributed by atoms with Crippen molar-refractivity contribution in [3.05, 3.63) is 0 Å². The van der Waals surface area contributed by atoms with Crippen LogP contribution in [0, 0.1) is 5.92 Å². The number of hydrogen-bond acceptors (Lipinski definition) is 3. The lowest BCUT2D eigenvalue weighted by Gasteiger charge is -2.11. The first kappa shape index (κ1) is 7.38. The van der Waals surface area contributed by atoms with Gasteiger partial charge >= 0.3 is 0 Å². The summed E-state index contributed by atoms with van der Waals surface area (Å²) in [6, 6.07) is 0. The summed E-state index contributed by atoms with van der Waals surface area (Å²) in [6.07, 6.45) is 0.474. The molecule has 0 amide bonds. The summed E-state index contributed by atoms with van der Waals surface area (Å²) in [4.78, 5) is 0. The van der Waals surface area contributed by atoms with Crippen LogP contribution >= 0.6 is 11.9 Å². The van der Waals surface area contributed by atoms with Gasteiger partial charge in [0.15, 0.2) is 0 Å². The third kappa shape index (κ3) is 1.85. The molecule has 9 heavy (non-hydrogen) atoms. The average molecular weight is 146 g/mol. The van der Waals surface area contributed by atoms with E-state index in [0.29, 0.717) is 17.5 Å². The predicted molar refractivity (Wildman–Crippen MR) is 42.0 cm³/mol. The molecule has 0 aromatic rings. The van der Waals surface area contributed by atoms with Crippen molar-refractivity contribution in [2.45, 2.75) is 32.3 Å². The van der Waals surface area contributed by atoms with E-state index in [1.165, 1.54) is 0 Å². The van der Waals surface area contributed by atoms with Gasteiger partial charge in [-0.15, -0.1) is 0 Å². The summed E-state index contributed by atoms with van der Waals surface area (Å²) in [5.41, 5.74) is 0. The molecule has 3 heteroatoms. The highest BCUT2D eigenvalue weighted by Crippen LogP contribution is 2.19. The second-order valence-electron chi connectivity index (χ2n) is 2.79. The highest BCUT2D eigenvalue weighted by atomic mass is 32.2. The largest absolute Gasteiger partial charge is 0.288 e. The maximum absolute atomic E-state index is 3.41. The molecule has 54 valence electrons. The Bertz CT molecular complexity index is 95.1. The molecule has 2 nitrogen and oxygen atoms in total. The van der Waals surface area contributed by atoms with Gasteiger partial charge < -0.3 is 0 Å². The minimum absolute atomic E-state index is 0.474. The molecular formula is C6H14N2S. The number of hydrogen-bond donors (Lipinski definition) is 2. The third-order valence-corrected chi connectivity index (χ3v) is 2.82. The van der Waals surface area contributed by atoms with Crippen molar-refractivity contribution >= 4 is 11.9 Å². The first-order valence-corrected chi connectivity index (χ1v) is 4.25. The van der Waals surface area contributed by atoms with Gasteiger partial charge in [0.2, 0.25) is 0 Å². The maximum Gasteiger partial charge on any atom is 0.0714 e. The third-order valence-electron chi connectivity index (χ3n) is 1.39. The van der Waals surface area contributed by atoms with E-state index in [4.69, 9.17) is 0 Å². The number of rotatable bonds is 1. The fourth-order valence-electron chi connectivity index (χ4n) is 0.818. The Balaban J connectivity index is 2.30. The van der Waals surface area contributed by atoms with Crippen LogP contribution in [0.1, 0.15) is 20.8 Å². The van der Waals surface area contributed by atoms with Crippen molar-refractivity contribution in [2.75, 3.05) is 0 Å². The summed E-state index contributed by atoms with van der Waals surface area (Å²) < 4.78 is 3.26. The average Bonchev–Trinajstić information content (AvgIpc) is 2.14. The fourth-order valence-corrected chi connectivity index (χ4v) is 1.78. The monoisotopic (exact) mass is 146 g/mol. The maximum atomic E-state index is 3.41. The lowest BCUT2D eigenvalue weighted by Crippen LogP contribution is -2.32. The molecule has 1 aliphatic rings. The van der Waals surface area contributed by atoms with Crippen molar-refractivity contribution in [1.82, 2.24) is 10.0 Å². The van der Waals surface area contributed by atoms with E-state index in [1.54, 1.807) is 11.9 Å². The van der Waals surface area contributed by atoms with Crippen LogP contribution in [-0.4, -0.2) is 11.5 Å². The van der Waals surface area contributed by atoms with Crippen LogP contribution in [0.3, 0.4) is 0 Å². The van der Waals surface area contributed by atoms with E-state index in [1.807, 2.05) is 0 Å². The molecule has 0 aromatic heterocycles. The zero-order valence-electron chi connectivity index (χ0n) is 6.14. The van der Waals surface area contributed by atoms with Crippen molar-refractivity contribution < 1.29 is 0 Å². The standard InChI is InChI=1S/C6H14N2S/c1-4(2)6-7-5(3)8-9-6/h4-8H,1-3H3. The summed E-state index contributed by atoms with van der Waals surface area (Å²) in [5.74, 6) is 0.715. The Kier molecular flexibility index (Phi) is 2.38. The Hall–Kier alpha value is 0.270. The van der Waals surface area contributed by atoms with Crippen LogP contribution < -0.4 is 10.0 Å². The summed E-state index contributed by atoms with van der Waals surface area (Å²) in [6.45, 7) is 6.59. The molecular weight excluding hydrogens is 132 g/mol. The molecule has 1 aliphatic heterocycles. The van der Waals surface area contributed by atoms with E-state index < -0.39 is 0 Å². The van der Waals surface area contributed by atoms with Crippen LogP contribution in [0.15, 0.2) is 0 Å². The molecule has 0 aromatic carbocycles. The van der Waals surface area contributed by atoms with E-state index >= 15 is 0 Å². The summed E-state index contributed by atoms with van der Waals surface area (Å²) in [7, 11) is 0. The van der Waals surface area contributed by atoms with Gasteiger partial charge in [-0.05, 0) is 12.8 Å². The summed E-state index contributed by atoms with van der Waals surface area (Å²) in [5, 5.41) is 4.00. The molecule has 2 N–H and O–H groups in total. The molecule has 0 radical (unpaired) electrons. The minimum Gasteiger partial charge on any atom is -0.288 e. The van der Waals surface area contributed by atoms with Crippen LogP contribution in [-0.2, 0) is 0 Å². The molecule has 1 fully saturated rings. The smallest absolute Gasteiger partial charge is 0.0714 e. The molecule has 1 saturated heterocycles. The first-order valence-electron chi connectivity index (χ1n) is 3.37. The van der Waals surface area contributed by atoms with Crippen LogP contribution in [0.25, 0.3) is 0 Å². The second kappa shape index (κ2) is 2.90. The molecule has 0 spiro atoms. The fraction of sp³-hybridized carbons (Fsp3) is 1.00. The van der Waals surface area contributed by atoms with Gasteiger partial charge in [-0.3, -0.25) is 5.32 Å². The van der Waals surface area contributed by atoms with Gasteiger partial charge in [0.05, 0.1) is 11.5 Å². The van der Waals surface area contributed by atoms with E-state index in [2.05, 4.69) is 30.8 Å². The summed E-state index contributed by atoms with van der Waals surface area (Å²) >= 11 is 1.80. The lowest BCUT2D eigenvalue weighted by atomic mass is 10.2. The second-order valence-corrected chi connectivity index (χ2v) is 3.77. The zero-order valence-corrected chi connectivity index (χ0v) is 6.96. The Morgan fingerprint density at radius 1 is 1.44 bits per heavy atom. The highest BCUT2D eigenvalue weighted by Gasteiger charge is 2.22. The lowest BCUT2D eigenvalue weighted by molar-refractivity contribution is 0.479. The minimum atomic E-state index is 0.474. The van der Waals surface area contributed by atoms with E-state index in [-0.39, 0.29) is 0 Å². The first-order chi connectivity index (χ1) is 4.20. The van der Waals surface area contributed by atoms with Gasteiger partial charge in [0.25, 0.3) is 0 Å². The molecule has 2 atom stereocenters. The SMILES string of the molecule is CC1NSC(C(C)C)N1. The molecule has 1 rings (SSSR count). The van der Waals surface area contributed by atoms with Gasteiger partial charge in [0, 0.05) is 0 Å². The normalized spacial score (nSPS) is 36.0. The van der Waals surface area contributed by atoms with Crippen LogP contribution in [0.4, 0.5) is 0 Å². The van der Waals surface area contributed by atoms with Crippen molar-refractivity contribution in [2.24, 2.45) is 5.92 Å². The van der Waals surface area contributed by atoms with Crippen LogP contribution in [0.2, 0.25) is 0 Å². The highest BCUT2D eigenvalue weighted by molar-refractivity contribution is 7.98. The van der Waals surface area contributed by atoms with Crippen LogP contribution in [0.5, 0.6) is 0 Å². The van der Waals surface area contributed by atoms with E-state index in [9.17, 15) is 0 Å². The van der Waals surface area contributed by atoms with Gasteiger partial charge in [-0.2, -0.15) is 0 Å². The van der Waals surface area contributed by atoms with Crippen molar-refractivity contribution in [1.29, 1.82) is 0 Å². The Labute approximate surface area is 60.9 Å². The molecule has 0 aliphatic carbocycles. The quantitative estimate of drug-likeness (QED) is 0.543. The topological polar surface area (TPSA) is 24.1 Å². The van der Waals surface area contributed by atoms with Crippen molar-refractivity contribution in [3.8, 4) is 0 Å². The number of nitrogens with one attached hydrogen (secondary N) is 2. The predicted octanol–water partition coefficient (Wildman–Crippen LogP) is 1.16. The van der Waals surface area contributed by atoms with Gasteiger partial charge in [-0.25, -0.2) is 4.72 Å². The van der Waals surface area contributed by atoms with Gasteiger partial charge in [0.1, 0.15) is 0 Å². The molecule has 0 saturated carbocycles. The van der Waals surface area contributed by atoms with Gasteiger partial charge in [-0.1, -0.05) is 25.8 Å². The molecule has 1 heterocycles. The Morgan fingerprint density at radius 3 is 2.33 bits per heavy atom. The zero-order chi connectivity index (χ0) is 6.85. The Morgan fingerprint density at radius 2 is 2.11 bits per heavy atom. The molecule has 2 unspecified atom stereocenters. The van der Waals surface area contributed by atoms with E-state index in [0.717, 1.165) is 0 Å². The molecule has 0 bridgehead atoms. The van der Waals surface area contributed by atoms with Crippen molar-refractivity contribution in [3.63, 3.8) is 0 Å².